The Bertz CT molecular complexity index is 262. The van der Waals surface area contributed by atoms with Gasteiger partial charge < -0.3 is 34.3 Å². The Labute approximate surface area is 131 Å². The van der Waals surface area contributed by atoms with Gasteiger partial charge in [0.05, 0.1) is 39.6 Å². The first kappa shape index (κ1) is 19.3. The van der Waals surface area contributed by atoms with Crippen molar-refractivity contribution in [2.24, 2.45) is 0 Å². The van der Waals surface area contributed by atoms with Gasteiger partial charge in [0.15, 0.2) is 0 Å². The van der Waals surface area contributed by atoms with E-state index >= 15 is 0 Å². The molecular formula is C14H28N2O6. The van der Waals surface area contributed by atoms with Gasteiger partial charge in [0.1, 0.15) is 6.61 Å². The minimum absolute atomic E-state index is 0.223. The summed E-state index contributed by atoms with van der Waals surface area (Å²) < 4.78 is 26.8. The predicted molar refractivity (Wildman–Crippen MR) is 79.7 cm³/mol. The van der Waals surface area contributed by atoms with Crippen LogP contribution in [-0.2, 0) is 28.5 Å². The zero-order valence-corrected chi connectivity index (χ0v) is 13.3. The number of hydrogen-bond acceptors (Lipinski definition) is 8. The van der Waals surface area contributed by atoms with Crippen LogP contribution in [0.5, 0.6) is 0 Å². The molecule has 1 fully saturated rings. The quantitative estimate of drug-likeness (QED) is 0.603. The normalized spacial score (nSPS) is 24.9. The SMILES string of the molecule is CC(=O)O[C@@H]1COCCNCCOCCOCCNCCO1. The van der Waals surface area contributed by atoms with Gasteiger partial charge in [-0.1, -0.05) is 0 Å². The summed E-state index contributed by atoms with van der Waals surface area (Å²) in [5, 5.41) is 6.38. The monoisotopic (exact) mass is 320 g/mol. The molecule has 1 heterocycles. The smallest absolute Gasteiger partial charge is 0.305 e. The first-order valence-corrected chi connectivity index (χ1v) is 7.72. The average Bonchev–Trinajstić information content (AvgIpc) is 2.48. The van der Waals surface area contributed by atoms with Crippen molar-refractivity contribution in [3.05, 3.63) is 0 Å². The van der Waals surface area contributed by atoms with Crippen molar-refractivity contribution >= 4 is 5.97 Å². The lowest BCUT2D eigenvalue weighted by atomic mass is 10.5. The molecule has 130 valence electrons. The van der Waals surface area contributed by atoms with Gasteiger partial charge in [-0.2, -0.15) is 0 Å². The van der Waals surface area contributed by atoms with Crippen molar-refractivity contribution in [2.45, 2.75) is 13.2 Å². The van der Waals surface area contributed by atoms with Crippen LogP contribution in [0.1, 0.15) is 6.92 Å². The van der Waals surface area contributed by atoms with Crippen LogP contribution in [0.2, 0.25) is 0 Å². The second kappa shape index (κ2) is 13.9. The minimum atomic E-state index is -0.669. The zero-order chi connectivity index (χ0) is 15.9. The van der Waals surface area contributed by atoms with Crippen LogP contribution in [0.25, 0.3) is 0 Å². The molecule has 0 saturated carbocycles. The van der Waals surface area contributed by atoms with E-state index in [0.717, 1.165) is 13.1 Å². The fourth-order valence-corrected chi connectivity index (χ4v) is 1.75. The highest BCUT2D eigenvalue weighted by atomic mass is 16.7. The largest absolute Gasteiger partial charge is 0.433 e. The molecular weight excluding hydrogens is 292 g/mol. The van der Waals surface area contributed by atoms with Gasteiger partial charge in [0, 0.05) is 33.1 Å². The van der Waals surface area contributed by atoms with Gasteiger partial charge in [0.2, 0.25) is 6.29 Å². The molecule has 0 unspecified atom stereocenters. The summed E-state index contributed by atoms with van der Waals surface area (Å²) in [7, 11) is 0. The molecule has 1 aliphatic heterocycles. The Balaban J connectivity index is 2.25. The number of carbonyl (C=O) groups is 1. The van der Waals surface area contributed by atoms with Crippen LogP contribution in [0.4, 0.5) is 0 Å². The first-order chi connectivity index (χ1) is 10.8. The maximum atomic E-state index is 11.0. The third-order valence-electron chi connectivity index (χ3n) is 2.78. The van der Waals surface area contributed by atoms with Gasteiger partial charge in [0.25, 0.3) is 0 Å². The Morgan fingerprint density at radius 3 is 2.00 bits per heavy atom. The number of hydrogen-bond donors (Lipinski definition) is 2. The number of carbonyl (C=O) groups excluding carboxylic acids is 1. The van der Waals surface area contributed by atoms with Crippen molar-refractivity contribution in [3.63, 3.8) is 0 Å². The number of rotatable bonds is 1. The second-order valence-corrected chi connectivity index (χ2v) is 4.71. The summed E-state index contributed by atoms with van der Waals surface area (Å²) in [6, 6.07) is 0. The molecule has 0 aromatic rings. The highest BCUT2D eigenvalue weighted by molar-refractivity contribution is 5.66. The van der Waals surface area contributed by atoms with Crippen LogP contribution in [0.3, 0.4) is 0 Å². The van der Waals surface area contributed by atoms with Crippen LogP contribution >= 0.6 is 0 Å². The van der Waals surface area contributed by atoms with Gasteiger partial charge in [-0.05, 0) is 0 Å². The lowest BCUT2D eigenvalue weighted by Crippen LogP contribution is -2.32. The number of ether oxygens (including phenoxy) is 5. The Morgan fingerprint density at radius 1 is 0.864 bits per heavy atom. The molecule has 22 heavy (non-hydrogen) atoms. The summed E-state index contributed by atoms with van der Waals surface area (Å²) in [5.41, 5.74) is 0. The van der Waals surface area contributed by atoms with Crippen LogP contribution < -0.4 is 10.6 Å². The fraction of sp³-hybridized carbons (Fsp3) is 0.929. The van der Waals surface area contributed by atoms with Crippen molar-refractivity contribution in [2.75, 3.05) is 72.4 Å². The molecule has 8 heteroatoms. The molecule has 2 N–H and O–H groups in total. The van der Waals surface area contributed by atoms with E-state index in [0.29, 0.717) is 52.7 Å². The molecule has 0 bridgehead atoms. The first-order valence-electron chi connectivity index (χ1n) is 7.72. The highest BCUT2D eigenvalue weighted by Gasteiger charge is 2.12. The fourth-order valence-electron chi connectivity index (χ4n) is 1.75. The maximum absolute atomic E-state index is 11.0. The van der Waals surface area contributed by atoms with E-state index in [9.17, 15) is 4.79 Å². The van der Waals surface area contributed by atoms with Crippen molar-refractivity contribution in [1.82, 2.24) is 10.6 Å². The van der Waals surface area contributed by atoms with E-state index in [1.807, 2.05) is 0 Å². The molecule has 0 spiro atoms. The molecule has 0 amide bonds. The van der Waals surface area contributed by atoms with E-state index in [2.05, 4.69) is 10.6 Å². The van der Waals surface area contributed by atoms with Crippen LogP contribution in [-0.4, -0.2) is 84.7 Å². The zero-order valence-electron chi connectivity index (χ0n) is 13.3. The lowest BCUT2D eigenvalue weighted by Gasteiger charge is -2.18. The Hall–Kier alpha value is -0.770. The van der Waals surface area contributed by atoms with Gasteiger partial charge in [-0.15, -0.1) is 0 Å². The van der Waals surface area contributed by atoms with E-state index in [1.54, 1.807) is 0 Å². The third kappa shape index (κ3) is 11.8. The molecule has 1 aliphatic rings. The van der Waals surface area contributed by atoms with Crippen molar-refractivity contribution in [3.8, 4) is 0 Å². The molecule has 1 rings (SSSR count). The predicted octanol–water partition coefficient (Wildman–Crippen LogP) is -0.865. The molecule has 8 nitrogen and oxygen atoms in total. The average molecular weight is 320 g/mol. The maximum Gasteiger partial charge on any atom is 0.305 e. The van der Waals surface area contributed by atoms with Gasteiger partial charge in [-0.25, -0.2) is 0 Å². The Kier molecular flexibility index (Phi) is 12.1. The molecule has 0 aromatic carbocycles. The van der Waals surface area contributed by atoms with E-state index in [-0.39, 0.29) is 12.6 Å². The summed E-state index contributed by atoms with van der Waals surface area (Å²) in [5.74, 6) is -0.382. The number of nitrogens with one attached hydrogen (secondary N) is 2. The molecule has 1 saturated heterocycles. The van der Waals surface area contributed by atoms with Gasteiger partial charge >= 0.3 is 5.97 Å². The minimum Gasteiger partial charge on any atom is -0.433 e. The topological polar surface area (TPSA) is 87.3 Å². The molecule has 0 radical (unpaired) electrons. The van der Waals surface area contributed by atoms with Gasteiger partial charge in [-0.3, -0.25) is 4.79 Å². The Morgan fingerprint density at radius 2 is 1.41 bits per heavy atom. The second-order valence-electron chi connectivity index (χ2n) is 4.71. The summed E-state index contributed by atoms with van der Waals surface area (Å²) in [6.45, 7) is 7.83. The molecule has 0 aliphatic carbocycles. The van der Waals surface area contributed by atoms with E-state index < -0.39 is 6.29 Å². The third-order valence-corrected chi connectivity index (χ3v) is 2.78. The van der Waals surface area contributed by atoms with Crippen LogP contribution in [0.15, 0.2) is 0 Å². The summed E-state index contributed by atoms with van der Waals surface area (Å²) in [4.78, 5) is 11.0. The van der Waals surface area contributed by atoms with E-state index in [1.165, 1.54) is 6.92 Å². The van der Waals surface area contributed by atoms with Crippen molar-refractivity contribution < 1.29 is 28.5 Å². The lowest BCUT2D eigenvalue weighted by molar-refractivity contribution is -0.188. The summed E-state index contributed by atoms with van der Waals surface area (Å²) >= 11 is 0. The molecule has 0 aromatic heterocycles. The summed E-state index contributed by atoms with van der Waals surface area (Å²) in [6.07, 6.45) is -0.669. The number of esters is 1. The van der Waals surface area contributed by atoms with Crippen molar-refractivity contribution in [1.29, 1.82) is 0 Å². The van der Waals surface area contributed by atoms with E-state index in [4.69, 9.17) is 23.7 Å². The highest BCUT2D eigenvalue weighted by Crippen LogP contribution is 1.97. The standard InChI is InChI=1S/C14H28N2O6/c1-13(17)22-14-12-20-8-4-15-2-6-18-10-11-19-7-3-16-5-9-21-14/h14-16H,2-12H2,1H3/t14-/m1/s1. The molecule has 1 atom stereocenters. The van der Waals surface area contributed by atoms with Crippen LogP contribution in [0, 0.1) is 0 Å².